The first-order valence-electron chi connectivity index (χ1n) is 9.72. The number of carbonyl (C=O) groups is 2. The quantitative estimate of drug-likeness (QED) is 0.841. The van der Waals surface area contributed by atoms with E-state index in [0.717, 1.165) is 51.7 Å². The molecule has 2 aliphatic rings. The summed E-state index contributed by atoms with van der Waals surface area (Å²) < 4.78 is 0. The number of benzene rings is 1. The molecule has 2 heterocycles. The molecule has 2 fully saturated rings. The number of amides is 2. The van der Waals surface area contributed by atoms with Gasteiger partial charge >= 0.3 is 0 Å². The van der Waals surface area contributed by atoms with Gasteiger partial charge in [-0.2, -0.15) is 0 Å². The van der Waals surface area contributed by atoms with E-state index in [1.54, 1.807) is 6.92 Å². The first kappa shape index (κ1) is 18.0. The summed E-state index contributed by atoms with van der Waals surface area (Å²) in [5.74, 6) is 0.953. The van der Waals surface area contributed by atoms with Crippen molar-refractivity contribution in [1.29, 1.82) is 0 Å². The van der Waals surface area contributed by atoms with Crippen LogP contribution in [0.5, 0.6) is 0 Å². The Labute approximate surface area is 151 Å². The lowest BCUT2D eigenvalue weighted by atomic mass is 9.86. The minimum absolute atomic E-state index is 0.0875. The monoisotopic (exact) mass is 342 g/mol. The van der Waals surface area contributed by atoms with Gasteiger partial charge in [0.2, 0.25) is 11.8 Å². The molecule has 0 bridgehead atoms. The van der Waals surface area contributed by atoms with Crippen LogP contribution in [0.2, 0.25) is 0 Å². The van der Waals surface area contributed by atoms with Crippen molar-refractivity contribution in [3.8, 4) is 0 Å². The maximum absolute atomic E-state index is 13.2. The highest BCUT2D eigenvalue weighted by Gasteiger charge is 2.38. The topological polar surface area (TPSA) is 40.6 Å². The lowest BCUT2D eigenvalue weighted by Gasteiger charge is -2.37. The minimum atomic E-state index is 0.0875. The van der Waals surface area contributed by atoms with Crippen molar-refractivity contribution >= 4 is 11.8 Å². The van der Waals surface area contributed by atoms with Crippen molar-refractivity contribution < 1.29 is 9.59 Å². The van der Waals surface area contributed by atoms with Crippen LogP contribution in [0.4, 0.5) is 0 Å². The molecule has 1 aromatic carbocycles. The van der Waals surface area contributed by atoms with E-state index in [4.69, 9.17) is 0 Å². The first-order valence-corrected chi connectivity index (χ1v) is 9.72. The molecule has 0 saturated carbocycles. The van der Waals surface area contributed by atoms with Crippen molar-refractivity contribution in [3.05, 3.63) is 35.9 Å². The summed E-state index contributed by atoms with van der Waals surface area (Å²) in [7, 11) is 0. The van der Waals surface area contributed by atoms with Gasteiger partial charge in [0.25, 0.3) is 0 Å². The third kappa shape index (κ3) is 3.88. The Balaban J connectivity index is 1.69. The highest BCUT2D eigenvalue weighted by Crippen LogP contribution is 2.35. The molecule has 2 atom stereocenters. The molecule has 136 valence electrons. The van der Waals surface area contributed by atoms with Crippen molar-refractivity contribution in [2.45, 2.75) is 57.9 Å². The third-order valence-electron chi connectivity index (χ3n) is 6.00. The molecule has 0 aliphatic carbocycles. The summed E-state index contributed by atoms with van der Waals surface area (Å²) in [6.45, 7) is 6.17. The Hall–Kier alpha value is -1.84. The number of carbonyl (C=O) groups excluding carboxylic acids is 2. The first-order chi connectivity index (χ1) is 12.1. The SMILES string of the molecule is CC[C@@H](c1ccccc1)[C@H]1CCCN1C(=O)C1CCN(C(C)=O)CC1. The van der Waals surface area contributed by atoms with Crippen molar-refractivity contribution in [2.75, 3.05) is 19.6 Å². The fourth-order valence-corrected chi connectivity index (χ4v) is 4.59. The fraction of sp³-hybridized carbons (Fsp3) is 0.619. The van der Waals surface area contributed by atoms with Crippen molar-refractivity contribution in [1.82, 2.24) is 9.80 Å². The summed E-state index contributed by atoms with van der Waals surface area (Å²) >= 11 is 0. The largest absolute Gasteiger partial charge is 0.343 e. The molecular weight excluding hydrogens is 312 g/mol. The van der Waals surface area contributed by atoms with E-state index in [2.05, 4.69) is 42.2 Å². The number of piperidine rings is 1. The highest BCUT2D eigenvalue weighted by atomic mass is 16.2. The number of hydrogen-bond donors (Lipinski definition) is 0. The summed E-state index contributed by atoms with van der Waals surface area (Å²) in [6, 6.07) is 11.0. The van der Waals surface area contributed by atoms with Gasteiger partial charge in [-0.15, -0.1) is 0 Å². The number of hydrogen-bond acceptors (Lipinski definition) is 2. The average Bonchev–Trinajstić information content (AvgIpc) is 3.12. The molecule has 0 spiro atoms. The van der Waals surface area contributed by atoms with Crippen LogP contribution in [0.1, 0.15) is 57.4 Å². The molecule has 1 aromatic rings. The molecule has 25 heavy (non-hydrogen) atoms. The Bertz CT molecular complexity index is 593. The van der Waals surface area contributed by atoms with Crippen molar-refractivity contribution in [3.63, 3.8) is 0 Å². The lowest BCUT2D eigenvalue weighted by Crippen LogP contribution is -2.46. The lowest BCUT2D eigenvalue weighted by molar-refractivity contribution is -0.141. The minimum Gasteiger partial charge on any atom is -0.343 e. The van der Waals surface area contributed by atoms with E-state index in [1.807, 2.05) is 4.90 Å². The standard InChI is InChI=1S/C21H30N2O2/c1-3-19(17-8-5-4-6-9-17)20-10-7-13-23(20)21(25)18-11-14-22(15-12-18)16(2)24/h4-6,8-9,18-20H,3,7,10-15H2,1-2H3/t19-,20+/m0/s1. The zero-order chi connectivity index (χ0) is 17.8. The van der Waals surface area contributed by atoms with E-state index in [9.17, 15) is 9.59 Å². The number of likely N-dealkylation sites (tertiary alicyclic amines) is 2. The van der Waals surface area contributed by atoms with Crippen LogP contribution in [0.15, 0.2) is 30.3 Å². The molecule has 4 nitrogen and oxygen atoms in total. The average molecular weight is 342 g/mol. The Morgan fingerprint density at radius 1 is 1.08 bits per heavy atom. The van der Waals surface area contributed by atoms with Gasteiger partial charge in [0.05, 0.1) is 0 Å². The van der Waals surface area contributed by atoms with E-state index in [-0.39, 0.29) is 11.8 Å². The molecule has 3 rings (SSSR count). The fourth-order valence-electron chi connectivity index (χ4n) is 4.59. The Morgan fingerprint density at radius 2 is 1.76 bits per heavy atom. The molecule has 2 saturated heterocycles. The van der Waals surface area contributed by atoms with Crippen LogP contribution >= 0.6 is 0 Å². The van der Waals surface area contributed by atoms with Crippen LogP contribution in [0, 0.1) is 5.92 Å². The van der Waals surface area contributed by atoms with Crippen molar-refractivity contribution in [2.24, 2.45) is 5.92 Å². The summed E-state index contributed by atoms with van der Waals surface area (Å²) in [4.78, 5) is 28.7. The van der Waals surface area contributed by atoms with Crippen LogP contribution < -0.4 is 0 Å². The molecule has 0 aromatic heterocycles. The van der Waals surface area contributed by atoms with Gasteiger partial charge in [0.1, 0.15) is 0 Å². The van der Waals surface area contributed by atoms with E-state index >= 15 is 0 Å². The third-order valence-corrected chi connectivity index (χ3v) is 6.00. The predicted octanol–water partition coefficient (Wildman–Crippen LogP) is 3.43. The van der Waals surface area contributed by atoms with Crippen LogP contribution in [0.25, 0.3) is 0 Å². The summed E-state index contributed by atoms with van der Waals surface area (Å²) in [6.07, 6.45) is 4.88. The zero-order valence-corrected chi connectivity index (χ0v) is 15.5. The number of rotatable bonds is 4. The van der Waals surface area contributed by atoms with Crippen LogP contribution in [0.3, 0.4) is 0 Å². The highest BCUT2D eigenvalue weighted by molar-refractivity contribution is 5.80. The van der Waals surface area contributed by atoms with Gasteiger partial charge in [-0.25, -0.2) is 0 Å². The molecule has 2 aliphatic heterocycles. The molecule has 0 N–H and O–H groups in total. The molecular formula is C21H30N2O2. The van der Waals surface area contributed by atoms with Gasteiger partial charge in [-0.05, 0) is 37.7 Å². The zero-order valence-electron chi connectivity index (χ0n) is 15.5. The second-order valence-electron chi connectivity index (χ2n) is 7.45. The summed E-state index contributed by atoms with van der Waals surface area (Å²) in [5.41, 5.74) is 1.35. The maximum Gasteiger partial charge on any atom is 0.226 e. The molecule has 0 radical (unpaired) electrons. The van der Waals surface area contributed by atoms with Crippen LogP contribution in [-0.2, 0) is 9.59 Å². The second kappa shape index (κ2) is 8.03. The molecule has 2 amide bonds. The molecule has 0 unspecified atom stereocenters. The maximum atomic E-state index is 13.2. The van der Waals surface area contributed by atoms with Gasteiger partial charge in [0, 0.05) is 44.4 Å². The van der Waals surface area contributed by atoms with E-state index in [1.165, 1.54) is 5.56 Å². The number of nitrogens with zero attached hydrogens (tertiary/aromatic N) is 2. The predicted molar refractivity (Wildman–Crippen MR) is 99.2 cm³/mol. The van der Waals surface area contributed by atoms with E-state index < -0.39 is 0 Å². The van der Waals surface area contributed by atoms with Gasteiger partial charge in [-0.3, -0.25) is 9.59 Å². The molecule has 4 heteroatoms. The normalized spacial score (nSPS) is 22.9. The Kier molecular flexibility index (Phi) is 5.77. The Morgan fingerprint density at radius 3 is 2.36 bits per heavy atom. The van der Waals surface area contributed by atoms with E-state index in [0.29, 0.717) is 17.9 Å². The second-order valence-corrected chi connectivity index (χ2v) is 7.45. The van der Waals surface area contributed by atoms with Gasteiger partial charge < -0.3 is 9.80 Å². The van der Waals surface area contributed by atoms with Gasteiger partial charge in [-0.1, -0.05) is 37.3 Å². The van der Waals surface area contributed by atoms with Crippen LogP contribution in [-0.4, -0.2) is 47.3 Å². The van der Waals surface area contributed by atoms with Gasteiger partial charge in [0.15, 0.2) is 0 Å². The summed E-state index contributed by atoms with van der Waals surface area (Å²) in [5, 5.41) is 0. The smallest absolute Gasteiger partial charge is 0.226 e.